The number of ether oxygens (including phenoxy) is 2. The summed E-state index contributed by atoms with van der Waals surface area (Å²) in [6.45, 7) is 0. The van der Waals surface area contributed by atoms with Gasteiger partial charge in [0.15, 0.2) is 23.0 Å². The summed E-state index contributed by atoms with van der Waals surface area (Å²) in [5.41, 5.74) is 1.06. The molecule has 0 amide bonds. The molecule has 0 heterocycles. The van der Waals surface area contributed by atoms with Gasteiger partial charge in [0.05, 0.1) is 29.1 Å². The highest BCUT2D eigenvalue weighted by Gasteiger charge is 2.26. The monoisotopic (exact) mass is 552 g/mol. The van der Waals surface area contributed by atoms with Crippen LogP contribution >= 0.6 is 47.8 Å². The molecule has 0 aliphatic carbocycles. The molecular weight excluding hydrogens is 540 g/mol. The van der Waals surface area contributed by atoms with Crippen molar-refractivity contribution in [1.29, 1.82) is 0 Å². The Morgan fingerprint density at radius 3 is 2.23 bits per heavy atom. The van der Waals surface area contributed by atoms with Gasteiger partial charge in [0, 0.05) is 4.47 Å². The second-order valence-electron chi connectivity index (χ2n) is 5.37. The fourth-order valence-corrected chi connectivity index (χ4v) is 4.06. The topological polar surface area (TPSA) is 96.2 Å². The zero-order valence-electron chi connectivity index (χ0n) is 13.7. The first-order valence-corrected chi connectivity index (χ1v) is 9.62. The summed E-state index contributed by atoms with van der Waals surface area (Å²) >= 11 is 9.83. The van der Waals surface area contributed by atoms with E-state index in [1.807, 2.05) is 0 Å². The molecule has 0 spiro atoms. The van der Waals surface area contributed by atoms with Gasteiger partial charge in [-0.25, -0.2) is 0 Å². The number of rotatable bonds is 5. The van der Waals surface area contributed by atoms with Gasteiger partial charge in [-0.1, -0.05) is 0 Å². The minimum absolute atomic E-state index is 0.125. The van der Waals surface area contributed by atoms with E-state index in [4.69, 9.17) is 9.47 Å². The molecule has 26 heavy (non-hydrogen) atoms. The fraction of sp³-hybridized carbons (Fsp3) is 0.235. The van der Waals surface area contributed by atoms with Crippen molar-refractivity contribution in [3.63, 3.8) is 0 Å². The predicted molar refractivity (Wildman–Crippen MR) is 106 cm³/mol. The highest BCUT2D eigenvalue weighted by Crippen LogP contribution is 2.43. The van der Waals surface area contributed by atoms with Crippen LogP contribution in [0.5, 0.6) is 23.0 Å². The van der Waals surface area contributed by atoms with Crippen molar-refractivity contribution in [2.45, 2.75) is 12.3 Å². The van der Waals surface area contributed by atoms with Gasteiger partial charge in [0.25, 0.3) is 0 Å². The molecule has 140 valence electrons. The average Bonchev–Trinajstić information content (AvgIpc) is 2.60. The smallest absolute Gasteiger partial charge is 0.313 e. The SMILES string of the molecule is COC(=O)[C@H](Cc1cc(O)c(O)c(Br)c1Br)c1cc(O)c(OC)c(Br)c1. The lowest BCUT2D eigenvalue weighted by atomic mass is 9.91. The number of methoxy groups -OCH3 is 2. The van der Waals surface area contributed by atoms with E-state index in [-0.39, 0.29) is 33.9 Å². The first kappa shape index (κ1) is 20.9. The van der Waals surface area contributed by atoms with E-state index < -0.39 is 11.9 Å². The van der Waals surface area contributed by atoms with Gasteiger partial charge in [-0.3, -0.25) is 4.79 Å². The molecule has 0 aromatic heterocycles. The maximum absolute atomic E-state index is 12.4. The number of aromatic hydroxyl groups is 3. The normalized spacial score (nSPS) is 11.9. The van der Waals surface area contributed by atoms with Crippen LogP contribution in [0, 0.1) is 0 Å². The van der Waals surface area contributed by atoms with Gasteiger partial charge in [0.2, 0.25) is 0 Å². The van der Waals surface area contributed by atoms with Crippen molar-refractivity contribution < 1.29 is 29.6 Å². The number of hydrogen-bond acceptors (Lipinski definition) is 6. The molecule has 2 rings (SSSR count). The molecule has 0 saturated heterocycles. The summed E-state index contributed by atoms with van der Waals surface area (Å²) in [7, 11) is 2.69. The maximum Gasteiger partial charge on any atom is 0.313 e. The molecule has 0 aliphatic heterocycles. The van der Waals surface area contributed by atoms with Crippen molar-refractivity contribution in [1.82, 2.24) is 0 Å². The maximum atomic E-state index is 12.4. The standard InChI is InChI=1S/C17H15Br3O6/c1-25-16-10(18)4-7(5-12(16)22)9(17(24)26-2)3-8-6-11(21)15(23)14(20)13(8)19/h4-6,9,21-23H,3H2,1-2H3/t9-/m1/s1. The highest BCUT2D eigenvalue weighted by atomic mass is 79.9. The van der Waals surface area contributed by atoms with Crippen molar-refractivity contribution >= 4 is 53.8 Å². The number of benzene rings is 2. The van der Waals surface area contributed by atoms with Crippen LogP contribution in [0.1, 0.15) is 17.0 Å². The second-order valence-corrected chi connectivity index (χ2v) is 7.81. The molecule has 0 radical (unpaired) electrons. The highest BCUT2D eigenvalue weighted by molar-refractivity contribution is 9.13. The van der Waals surface area contributed by atoms with Gasteiger partial charge < -0.3 is 24.8 Å². The Morgan fingerprint density at radius 2 is 1.69 bits per heavy atom. The fourth-order valence-electron chi connectivity index (χ4n) is 2.50. The number of phenols is 3. The molecule has 0 unspecified atom stereocenters. The van der Waals surface area contributed by atoms with Crippen LogP contribution in [0.2, 0.25) is 0 Å². The largest absolute Gasteiger partial charge is 0.504 e. The predicted octanol–water partition coefficient (Wildman–Crippen LogP) is 4.60. The van der Waals surface area contributed by atoms with E-state index in [9.17, 15) is 20.1 Å². The zero-order chi connectivity index (χ0) is 19.6. The Labute approximate surface area is 175 Å². The van der Waals surface area contributed by atoms with Crippen molar-refractivity contribution in [3.8, 4) is 23.0 Å². The lowest BCUT2D eigenvalue weighted by molar-refractivity contribution is -0.142. The molecule has 2 aromatic carbocycles. The van der Waals surface area contributed by atoms with Crippen LogP contribution in [0.4, 0.5) is 0 Å². The Morgan fingerprint density at radius 1 is 1.04 bits per heavy atom. The van der Waals surface area contributed by atoms with Crippen LogP contribution < -0.4 is 4.74 Å². The van der Waals surface area contributed by atoms with E-state index in [2.05, 4.69) is 47.8 Å². The Kier molecular flexibility index (Phi) is 6.81. The van der Waals surface area contributed by atoms with Crippen LogP contribution in [-0.4, -0.2) is 35.5 Å². The number of esters is 1. The molecule has 1 atom stereocenters. The van der Waals surface area contributed by atoms with Gasteiger partial charge in [-0.2, -0.15) is 0 Å². The molecule has 0 saturated carbocycles. The lowest BCUT2D eigenvalue weighted by Gasteiger charge is -2.19. The van der Waals surface area contributed by atoms with Crippen LogP contribution in [0.3, 0.4) is 0 Å². The second kappa shape index (κ2) is 8.49. The van der Waals surface area contributed by atoms with Crippen LogP contribution in [0.25, 0.3) is 0 Å². The Hall–Kier alpha value is -1.45. The molecule has 3 N–H and O–H groups in total. The molecule has 9 heteroatoms. The van der Waals surface area contributed by atoms with Crippen LogP contribution in [0.15, 0.2) is 31.6 Å². The number of hydrogen-bond donors (Lipinski definition) is 3. The zero-order valence-corrected chi connectivity index (χ0v) is 18.5. The first-order valence-electron chi connectivity index (χ1n) is 7.24. The van der Waals surface area contributed by atoms with E-state index in [0.29, 0.717) is 20.1 Å². The third-order valence-corrected chi connectivity index (χ3v) is 6.60. The molecule has 6 nitrogen and oxygen atoms in total. The quantitative estimate of drug-likeness (QED) is 0.369. The summed E-state index contributed by atoms with van der Waals surface area (Å²) in [6, 6.07) is 4.44. The molecule has 0 fully saturated rings. The van der Waals surface area contributed by atoms with E-state index >= 15 is 0 Å². The first-order chi connectivity index (χ1) is 12.2. The molecule has 0 bridgehead atoms. The van der Waals surface area contributed by atoms with Crippen molar-refractivity contribution in [2.24, 2.45) is 0 Å². The molecule has 0 aliphatic rings. The van der Waals surface area contributed by atoms with Crippen LogP contribution in [-0.2, 0) is 16.0 Å². The van der Waals surface area contributed by atoms with Gasteiger partial charge >= 0.3 is 5.97 Å². The lowest BCUT2D eigenvalue weighted by Crippen LogP contribution is -2.17. The van der Waals surface area contributed by atoms with Crippen molar-refractivity contribution in [2.75, 3.05) is 14.2 Å². The molecular formula is C17H15Br3O6. The third-order valence-electron chi connectivity index (χ3n) is 3.80. The summed E-state index contributed by atoms with van der Waals surface area (Å²) in [6.07, 6.45) is 0.151. The minimum atomic E-state index is -0.764. The van der Waals surface area contributed by atoms with Crippen molar-refractivity contribution in [3.05, 3.63) is 42.7 Å². The number of carbonyl (C=O) groups excluding carboxylic acids is 1. The van der Waals surface area contributed by atoms with E-state index in [0.717, 1.165) is 0 Å². The Balaban J connectivity index is 2.53. The van der Waals surface area contributed by atoms with Gasteiger partial charge in [-0.15, -0.1) is 0 Å². The summed E-state index contributed by atoms with van der Waals surface area (Å²) < 4.78 is 11.2. The number of carbonyl (C=O) groups is 1. The van der Waals surface area contributed by atoms with Gasteiger partial charge in [0.1, 0.15) is 0 Å². The molecule has 2 aromatic rings. The third kappa shape index (κ3) is 4.10. The summed E-state index contributed by atoms with van der Waals surface area (Å²) in [4.78, 5) is 12.4. The summed E-state index contributed by atoms with van der Waals surface area (Å²) in [5.74, 6) is -1.78. The minimum Gasteiger partial charge on any atom is -0.504 e. The van der Waals surface area contributed by atoms with E-state index in [1.165, 1.54) is 26.4 Å². The number of phenolic OH excluding ortho intramolecular Hbond substituents is 3. The van der Waals surface area contributed by atoms with Gasteiger partial charge in [-0.05, 0) is 83.5 Å². The van der Waals surface area contributed by atoms with E-state index in [1.54, 1.807) is 6.07 Å². The number of halogens is 3. The Bertz CT molecular complexity index is 830. The average molecular weight is 555 g/mol. The summed E-state index contributed by atoms with van der Waals surface area (Å²) in [5, 5.41) is 29.8.